The number of carbonyl (C=O) groups is 2. The van der Waals surface area contributed by atoms with Crippen LogP contribution in [-0.4, -0.2) is 82.0 Å². The zero-order chi connectivity index (χ0) is 25.2. The van der Waals surface area contributed by atoms with Crippen LogP contribution in [0.15, 0.2) is 54.2 Å². The maximum Gasteiger partial charge on any atom is 0.295 e. The summed E-state index contributed by atoms with van der Waals surface area (Å²) >= 11 is 0. The van der Waals surface area contributed by atoms with Gasteiger partial charge >= 0.3 is 0 Å². The average Bonchev–Trinajstić information content (AvgIpc) is 3.36. The Balaban J connectivity index is 1.61. The molecule has 188 valence electrons. The Morgan fingerprint density at radius 2 is 1.94 bits per heavy atom. The molecule has 1 N–H and O–H groups in total. The number of ether oxygens (including phenoxy) is 2. The maximum atomic E-state index is 13.4. The highest BCUT2D eigenvalue weighted by Gasteiger charge is 2.46. The van der Waals surface area contributed by atoms with Gasteiger partial charge in [-0.3, -0.25) is 18.9 Å². The molecule has 1 atom stereocenters. The number of benzene rings is 1. The minimum atomic E-state index is -0.750. The van der Waals surface area contributed by atoms with Crippen molar-refractivity contribution >= 4 is 23.1 Å². The van der Waals surface area contributed by atoms with Crippen LogP contribution in [0.3, 0.4) is 0 Å². The van der Waals surface area contributed by atoms with E-state index in [4.69, 9.17) is 9.47 Å². The largest absolute Gasteiger partial charge is 0.505 e. The fraction of sp³-hybridized carbons (Fsp3) is 0.370. The highest BCUT2D eigenvalue weighted by molar-refractivity contribution is 6.46. The number of imidazole rings is 1. The van der Waals surface area contributed by atoms with E-state index < -0.39 is 17.7 Å². The van der Waals surface area contributed by atoms with E-state index >= 15 is 0 Å². The first kappa shape index (κ1) is 24.0. The zero-order valence-corrected chi connectivity index (χ0v) is 20.5. The van der Waals surface area contributed by atoms with Gasteiger partial charge in [0.2, 0.25) is 0 Å². The Kier molecular flexibility index (Phi) is 6.75. The van der Waals surface area contributed by atoms with Crippen LogP contribution in [0.25, 0.3) is 11.4 Å². The minimum Gasteiger partial charge on any atom is -0.505 e. The Hall–Kier alpha value is -3.69. The number of likely N-dealkylation sites (tertiary alicyclic amines) is 1. The molecule has 2 saturated heterocycles. The Bertz CT molecular complexity index is 1320. The Morgan fingerprint density at radius 3 is 2.72 bits per heavy atom. The van der Waals surface area contributed by atoms with Crippen LogP contribution in [0.4, 0.5) is 0 Å². The van der Waals surface area contributed by atoms with Crippen molar-refractivity contribution in [3.63, 3.8) is 0 Å². The second-order valence-corrected chi connectivity index (χ2v) is 8.93. The number of amides is 1. The molecule has 1 amide bonds. The number of morpholine rings is 1. The van der Waals surface area contributed by atoms with Crippen LogP contribution >= 0.6 is 0 Å². The molecule has 0 bridgehead atoms. The highest BCUT2D eigenvalue weighted by Crippen LogP contribution is 2.40. The van der Waals surface area contributed by atoms with Crippen LogP contribution in [0, 0.1) is 6.92 Å². The van der Waals surface area contributed by atoms with Gasteiger partial charge in [0.25, 0.3) is 11.7 Å². The van der Waals surface area contributed by atoms with Crippen LogP contribution in [0.2, 0.25) is 0 Å². The predicted octanol–water partition coefficient (Wildman–Crippen LogP) is 2.80. The molecule has 2 aliphatic rings. The van der Waals surface area contributed by atoms with Gasteiger partial charge in [-0.05, 0) is 43.7 Å². The van der Waals surface area contributed by atoms with Crippen LogP contribution in [0.5, 0.6) is 5.75 Å². The van der Waals surface area contributed by atoms with E-state index in [0.717, 1.165) is 13.1 Å². The number of rotatable bonds is 7. The van der Waals surface area contributed by atoms with Gasteiger partial charge in [-0.2, -0.15) is 0 Å². The van der Waals surface area contributed by atoms with E-state index in [0.29, 0.717) is 61.3 Å². The smallest absolute Gasteiger partial charge is 0.295 e. The summed E-state index contributed by atoms with van der Waals surface area (Å²) in [5.74, 6) is -0.917. The number of aliphatic hydroxyl groups is 1. The molecular weight excluding hydrogens is 460 g/mol. The summed E-state index contributed by atoms with van der Waals surface area (Å²) in [4.78, 5) is 35.1. The fourth-order valence-corrected chi connectivity index (χ4v) is 5.00. The number of fused-ring (bicyclic) bond motifs is 1. The molecule has 36 heavy (non-hydrogen) atoms. The van der Waals surface area contributed by atoms with Gasteiger partial charge in [0.15, 0.2) is 5.76 Å². The van der Waals surface area contributed by atoms with E-state index in [-0.39, 0.29) is 11.3 Å². The minimum absolute atomic E-state index is 0.0596. The third kappa shape index (κ3) is 4.36. The molecule has 2 aromatic heterocycles. The molecule has 5 rings (SSSR count). The van der Waals surface area contributed by atoms with Crippen LogP contribution in [0.1, 0.15) is 29.9 Å². The molecule has 4 heterocycles. The van der Waals surface area contributed by atoms with Crippen LogP contribution < -0.4 is 4.74 Å². The first-order valence-corrected chi connectivity index (χ1v) is 12.2. The second-order valence-electron chi connectivity index (χ2n) is 8.93. The monoisotopic (exact) mass is 490 g/mol. The number of nitrogens with zero attached hydrogens (tertiary/aromatic N) is 4. The van der Waals surface area contributed by atoms with Crippen molar-refractivity contribution < 1.29 is 24.2 Å². The maximum absolute atomic E-state index is 13.4. The fourth-order valence-electron chi connectivity index (χ4n) is 5.00. The lowest BCUT2D eigenvalue weighted by atomic mass is 9.96. The molecule has 2 fully saturated rings. The Morgan fingerprint density at radius 1 is 1.14 bits per heavy atom. The van der Waals surface area contributed by atoms with Crippen molar-refractivity contribution in [2.75, 3.05) is 46.0 Å². The van der Waals surface area contributed by atoms with Gasteiger partial charge in [-0.1, -0.05) is 18.2 Å². The lowest BCUT2D eigenvalue weighted by Crippen LogP contribution is -2.42. The van der Waals surface area contributed by atoms with Gasteiger partial charge in [-0.25, -0.2) is 4.98 Å². The number of carbonyl (C=O) groups excluding carboxylic acids is 2. The van der Waals surface area contributed by atoms with Gasteiger partial charge in [0, 0.05) is 32.4 Å². The molecule has 1 unspecified atom stereocenters. The standard InChI is InChI=1S/C27H30N4O5/c1-3-36-20-8-6-7-19(17-20)24-22(25(32)23-18(2)28-21-9-4-5-10-30(21)23)26(33)27(34)31(24)12-11-29-13-15-35-16-14-29/h4-10,17,24,32H,3,11-16H2,1-2H3/b25-22+. The SMILES string of the molecule is CCOc1cccc(C2/C(=C(\O)c3c(C)nc4ccccn34)C(=O)C(=O)N2CCN2CCOCC2)c1. The molecule has 9 nitrogen and oxygen atoms in total. The summed E-state index contributed by atoms with van der Waals surface area (Å²) in [6, 6.07) is 12.1. The molecule has 0 radical (unpaired) electrons. The zero-order valence-electron chi connectivity index (χ0n) is 20.5. The summed E-state index contributed by atoms with van der Waals surface area (Å²) in [7, 11) is 0. The van der Waals surface area contributed by atoms with Gasteiger partial charge in [-0.15, -0.1) is 0 Å². The molecule has 1 aromatic carbocycles. The van der Waals surface area contributed by atoms with Gasteiger partial charge in [0.05, 0.1) is 37.1 Å². The number of aliphatic hydroxyl groups excluding tert-OH is 1. The first-order chi connectivity index (χ1) is 17.5. The normalized spacial score (nSPS) is 20.4. The van der Waals surface area contributed by atoms with Crippen LogP contribution in [-0.2, 0) is 14.3 Å². The highest BCUT2D eigenvalue weighted by atomic mass is 16.5. The topological polar surface area (TPSA) is 96.6 Å². The number of hydrogen-bond acceptors (Lipinski definition) is 7. The number of Topliss-reactive ketones (excluding diaryl/α,β-unsaturated/α-hetero) is 1. The first-order valence-electron chi connectivity index (χ1n) is 12.2. The lowest BCUT2D eigenvalue weighted by molar-refractivity contribution is -0.140. The van der Waals surface area contributed by atoms with E-state index in [9.17, 15) is 14.7 Å². The summed E-state index contributed by atoms with van der Waals surface area (Å²) in [5.41, 5.74) is 2.38. The predicted molar refractivity (Wildman–Crippen MR) is 134 cm³/mol. The number of aromatic nitrogens is 2. The van der Waals surface area contributed by atoms with E-state index in [1.165, 1.54) is 0 Å². The lowest BCUT2D eigenvalue weighted by Gasteiger charge is -2.31. The summed E-state index contributed by atoms with van der Waals surface area (Å²) < 4.78 is 12.9. The molecule has 2 aliphatic heterocycles. The van der Waals surface area contributed by atoms with Crippen molar-refractivity contribution in [2.24, 2.45) is 0 Å². The number of hydrogen-bond donors (Lipinski definition) is 1. The Labute approximate surface area is 209 Å². The molecule has 0 spiro atoms. The summed E-state index contributed by atoms with van der Waals surface area (Å²) in [6.07, 6.45) is 1.78. The van der Waals surface area contributed by atoms with Crippen molar-refractivity contribution in [2.45, 2.75) is 19.9 Å². The second kappa shape index (κ2) is 10.1. The molecular formula is C27H30N4O5. The summed E-state index contributed by atoms with van der Waals surface area (Å²) in [6.45, 7) is 7.95. The van der Waals surface area contributed by atoms with E-state index in [1.807, 2.05) is 49.4 Å². The van der Waals surface area contributed by atoms with Crippen molar-refractivity contribution in [1.82, 2.24) is 19.2 Å². The van der Waals surface area contributed by atoms with Crippen molar-refractivity contribution in [3.8, 4) is 5.75 Å². The third-order valence-corrected chi connectivity index (χ3v) is 6.71. The third-order valence-electron chi connectivity index (χ3n) is 6.71. The molecule has 0 saturated carbocycles. The van der Waals surface area contributed by atoms with E-state index in [1.54, 1.807) is 22.4 Å². The number of aryl methyl sites for hydroxylation is 1. The van der Waals surface area contributed by atoms with E-state index in [2.05, 4.69) is 9.88 Å². The molecule has 3 aromatic rings. The van der Waals surface area contributed by atoms with Crippen molar-refractivity contribution in [3.05, 3.63) is 71.2 Å². The summed E-state index contributed by atoms with van der Waals surface area (Å²) in [5, 5.41) is 11.6. The number of ketones is 1. The molecule has 0 aliphatic carbocycles. The number of pyridine rings is 1. The average molecular weight is 491 g/mol. The quantitative estimate of drug-likeness (QED) is 0.309. The van der Waals surface area contributed by atoms with Gasteiger partial charge in [0.1, 0.15) is 17.1 Å². The molecule has 9 heteroatoms. The van der Waals surface area contributed by atoms with Gasteiger partial charge < -0.3 is 19.5 Å². The van der Waals surface area contributed by atoms with Crippen molar-refractivity contribution in [1.29, 1.82) is 0 Å².